The summed E-state index contributed by atoms with van der Waals surface area (Å²) < 4.78 is 11.9. The fourth-order valence-corrected chi connectivity index (χ4v) is 1.85. The van der Waals surface area contributed by atoms with Gasteiger partial charge in [-0.25, -0.2) is 9.44 Å². The maximum atomic E-state index is 3.00. The van der Waals surface area contributed by atoms with Crippen molar-refractivity contribution in [2.45, 2.75) is 0 Å². The maximum Gasteiger partial charge on any atom is 0.0671 e. The van der Waals surface area contributed by atoms with E-state index in [0.717, 1.165) is 6.67 Å². The van der Waals surface area contributed by atoms with Crippen molar-refractivity contribution in [3.05, 3.63) is 0 Å². The van der Waals surface area contributed by atoms with Crippen LogP contribution >= 0.6 is 36.4 Å². The molecule has 8 heavy (non-hydrogen) atoms. The number of rotatable bonds is 0. The molecule has 1 fully saturated rings. The molecule has 4 nitrogen and oxygen atoms in total. The van der Waals surface area contributed by atoms with Gasteiger partial charge < -0.3 is 0 Å². The van der Waals surface area contributed by atoms with Crippen LogP contribution in [0, 0.1) is 0 Å². The van der Waals surface area contributed by atoms with Gasteiger partial charge >= 0.3 is 0 Å². The average molecular weight is 170 g/mol. The number of nitrogens with one attached hydrogen (secondary N) is 4. The van der Waals surface area contributed by atoms with Gasteiger partial charge in [0.15, 0.2) is 0 Å². The molecule has 0 amide bonds. The van der Waals surface area contributed by atoms with Crippen LogP contribution in [0.15, 0.2) is 0 Å². The maximum absolute atomic E-state index is 3.00. The van der Waals surface area contributed by atoms with Gasteiger partial charge in [0, 0.05) is 36.4 Å². The normalized spacial score (nSPS) is 24.0. The van der Waals surface area contributed by atoms with E-state index in [0.29, 0.717) is 0 Å². The van der Waals surface area contributed by atoms with Crippen molar-refractivity contribution in [2.75, 3.05) is 6.67 Å². The van der Waals surface area contributed by atoms with E-state index >= 15 is 0 Å². The molecule has 1 rings (SSSR count). The molecule has 1 aliphatic rings. The quantitative estimate of drug-likeness (QED) is 0.382. The topological polar surface area (TPSA) is 48.1 Å². The fraction of sp³-hybridized carbons (Fsp3) is 1.00. The molecular formula is CH6N4S3. The van der Waals surface area contributed by atoms with Crippen molar-refractivity contribution in [3.63, 3.8) is 0 Å². The predicted octanol–water partition coefficient (Wildman–Crippen LogP) is 0.00550. The van der Waals surface area contributed by atoms with E-state index in [-0.39, 0.29) is 0 Å². The minimum Gasteiger partial charge on any atom is -0.236 e. The van der Waals surface area contributed by atoms with E-state index in [1.807, 2.05) is 0 Å². The molecule has 0 aromatic carbocycles. The fourth-order valence-electron chi connectivity index (χ4n) is 0.219. The molecular weight excluding hydrogens is 164 g/mol. The SMILES string of the molecule is C1NSNSNSN1. The van der Waals surface area contributed by atoms with Gasteiger partial charge in [0.05, 0.1) is 6.67 Å². The van der Waals surface area contributed by atoms with Gasteiger partial charge in [-0.05, 0) is 0 Å². The lowest BCUT2D eigenvalue weighted by Gasteiger charge is -2.09. The Morgan fingerprint density at radius 1 is 0.875 bits per heavy atom. The summed E-state index contributed by atoms with van der Waals surface area (Å²) in [6.45, 7) is 0.788. The van der Waals surface area contributed by atoms with E-state index in [4.69, 9.17) is 0 Å². The molecule has 0 aliphatic carbocycles. The Morgan fingerprint density at radius 3 is 2.12 bits per heavy atom. The number of hydrogen-bond donors (Lipinski definition) is 4. The standard InChI is InChI=1S/CH6N4S3/c1-2-6-4-8-5-7-3-1/h2-5H,1H2. The van der Waals surface area contributed by atoms with Gasteiger partial charge in [0.25, 0.3) is 0 Å². The molecule has 1 heterocycles. The second kappa shape index (κ2) is 4.74. The Morgan fingerprint density at radius 2 is 1.50 bits per heavy atom. The smallest absolute Gasteiger partial charge is 0.0671 e. The Labute approximate surface area is 61.1 Å². The summed E-state index contributed by atoms with van der Waals surface area (Å²) in [5, 5.41) is 0. The van der Waals surface area contributed by atoms with Gasteiger partial charge in [0.1, 0.15) is 0 Å². The van der Waals surface area contributed by atoms with E-state index in [9.17, 15) is 0 Å². The van der Waals surface area contributed by atoms with Crippen LogP contribution in [-0.4, -0.2) is 6.67 Å². The Kier molecular flexibility index (Phi) is 4.15. The molecule has 1 aliphatic heterocycles. The van der Waals surface area contributed by atoms with Gasteiger partial charge in [-0.1, -0.05) is 0 Å². The second-order valence-electron chi connectivity index (χ2n) is 0.938. The van der Waals surface area contributed by atoms with Crippen molar-refractivity contribution in [2.24, 2.45) is 0 Å². The Balaban J connectivity index is 2.00. The minimum atomic E-state index is 0.788. The molecule has 0 atom stereocenters. The molecule has 0 aromatic rings. The zero-order valence-corrected chi connectivity index (χ0v) is 6.38. The van der Waals surface area contributed by atoms with Crippen LogP contribution in [0.1, 0.15) is 0 Å². The van der Waals surface area contributed by atoms with Gasteiger partial charge in [0.2, 0.25) is 0 Å². The largest absolute Gasteiger partial charge is 0.236 e. The third-order valence-electron chi connectivity index (χ3n) is 0.455. The van der Waals surface area contributed by atoms with Gasteiger partial charge in [-0.15, -0.1) is 0 Å². The zero-order valence-electron chi connectivity index (χ0n) is 3.93. The van der Waals surface area contributed by atoms with E-state index in [2.05, 4.69) is 17.7 Å². The lowest BCUT2D eigenvalue weighted by Crippen LogP contribution is -2.26. The highest BCUT2D eigenvalue weighted by molar-refractivity contribution is 8.17. The van der Waals surface area contributed by atoms with Crippen LogP contribution in [0.25, 0.3) is 0 Å². The van der Waals surface area contributed by atoms with Crippen LogP contribution in [0.4, 0.5) is 0 Å². The molecule has 0 saturated carbocycles. The first-order valence-electron chi connectivity index (χ1n) is 1.93. The minimum absolute atomic E-state index is 0.788. The lowest BCUT2D eigenvalue weighted by molar-refractivity contribution is 0.911. The molecule has 0 aromatic heterocycles. The van der Waals surface area contributed by atoms with Crippen LogP contribution in [0.2, 0.25) is 0 Å². The van der Waals surface area contributed by atoms with Crippen molar-refractivity contribution in [3.8, 4) is 0 Å². The highest BCUT2D eigenvalue weighted by atomic mass is 32.3. The monoisotopic (exact) mass is 170 g/mol. The molecule has 0 unspecified atom stereocenters. The summed E-state index contributed by atoms with van der Waals surface area (Å²) in [5.41, 5.74) is 0. The highest BCUT2D eigenvalue weighted by Gasteiger charge is 1.92. The predicted molar refractivity (Wildman–Crippen MR) is 40.2 cm³/mol. The molecule has 7 heteroatoms. The third kappa shape index (κ3) is 3.02. The zero-order chi connectivity index (χ0) is 5.66. The van der Waals surface area contributed by atoms with Crippen LogP contribution in [-0.2, 0) is 0 Å². The summed E-state index contributed by atoms with van der Waals surface area (Å²) >= 11 is 4.34. The Bertz CT molecular complexity index is 35.2. The molecule has 0 radical (unpaired) electrons. The van der Waals surface area contributed by atoms with E-state index < -0.39 is 0 Å². The molecule has 1 saturated heterocycles. The summed E-state index contributed by atoms with van der Waals surface area (Å²) in [7, 11) is 0. The van der Waals surface area contributed by atoms with Crippen LogP contribution in [0.3, 0.4) is 0 Å². The van der Waals surface area contributed by atoms with Crippen molar-refractivity contribution >= 4 is 36.4 Å². The summed E-state index contributed by atoms with van der Waals surface area (Å²) in [4.78, 5) is 0. The highest BCUT2D eigenvalue weighted by Crippen LogP contribution is 2.01. The summed E-state index contributed by atoms with van der Waals surface area (Å²) in [5.74, 6) is 0. The van der Waals surface area contributed by atoms with Gasteiger partial charge in [-0.2, -0.15) is 8.25 Å². The van der Waals surface area contributed by atoms with E-state index in [1.54, 1.807) is 0 Å². The summed E-state index contributed by atoms with van der Waals surface area (Å²) in [6, 6.07) is 0. The van der Waals surface area contributed by atoms with Crippen LogP contribution in [0.5, 0.6) is 0 Å². The first kappa shape index (κ1) is 7.00. The van der Waals surface area contributed by atoms with Gasteiger partial charge in [-0.3, -0.25) is 0 Å². The second-order valence-corrected chi connectivity index (χ2v) is 3.46. The van der Waals surface area contributed by atoms with Crippen LogP contribution < -0.4 is 17.7 Å². The number of hydrogen-bond acceptors (Lipinski definition) is 7. The first-order chi connectivity index (χ1) is 4.00. The molecule has 0 bridgehead atoms. The van der Waals surface area contributed by atoms with E-state index in [1.165, 1.54) is 36.4 Å². The molecule has 0 spiro atoms. The summed E-state index contributed by atoms with van der Waals surface area (Å²) in [6.07, 6.45) is 0. The molecule has 4 N–H and O–H groups in total. The Hall–Kier alpha value is 0.890. The van der Waals surface area contributed by atoms with Crippen molar-refractivity contribution in [1.29, 1.82) is 0 Å². The lowest BCUT2D eigenvalue weighted by atomic mass is 11.3. The first-order valence-corrected chi connectivity index (χ1v) is 4.38. The average Bonchev–Trinajstić information content (AvgIpc) is 1.62. The molecule has 48 valence electrons. The third-order valence-corrected chi connectivity index (χ3v) is 2.37. The van der Waals surface area contributed by atoms with Crippen molar-refractivity contribution < 1.29 is 0 Å². The van der Waals surface area contributed by atoms with Crippen molar-refractivity contribution in [1.82, 2.24) is 17.7 Å².